The molecule has 0 N–H and O–H groups in total. The third kappa shape index (κ3) is 3.71. The van der Waals surface area contributed by atoms with Gasteiger partial charge in [0.05, 0.1) is 8.07 Å². The van der Waals surface area contributed by atoms with Crippen LogP contribution in [0, 0.1) is 0 Å². The molecule has 0 aliphatic rings. The molecule has 0 aromatic carbocycles. The molecule has 19 heavy (non-hydrogen) atoms. The van der Waals surface area contributed by atoms with Crippen molar-refractivity contribution in [1.29, 1.82) is 0 Å². The van der Waals surface area contributed by atoms with Gasteiger partial charge in [0, 0.05) is 4.66 Å². The van der Waals surface area contributed by atoms with E-state index in [0.29, 0.717) is 0 Å². The standard InChI is InChI=1S/C9H10ClF7OSi/c1-19(2,3)6(10)4-5(18)7(11,12)8(13,14)9(15,16)17/h4H,1-3H3/b6-4+. The highest BCUT2D eigenvalue weighted by molar-refractivity contribution is 6.91. The molecule has 0 aromatic rings. The zero-order valence-electron chi connectivity index (χ0n) is 10.0. The van der Waals surface area contributed by atoms with Gasteiger partial charge in [0.1, 0.15) is 0 Å². The average Bonchev–Trinajstić information content (AvgIpc) is 2.13. The van der Waals surface area contributed by atoms with Crippen LogP contribution in [0.2, 0.25) is 19.6 Å². The zero-order chi connectivity index (χ0) is 15.9. The smallest absolute Gasteiger partial charge is 0.288 e. The third-order valence-corrected chi connectivity index (χ3v) is 5.42. The normalized spacial score (nSPS) is 15.6. The maximum absolute atomic E-state index is 12.9. The number of carbonyl (C=O) groups excluding carboxylic acids is 1. The largest absolute Gasteiger partial charge is 0.460 e. The molecule has 0 rings (SSSR count). The molecule has 10 heteroatoms. The third-order valence-electron chi connectivity index (χ3n) is 2.03. The SMILES string of the molecule is C[Si](C)(C)/C(Cl)=C/C(=O)C(F)(F)C(F)(F)C(F)(F)F. The van der Waals surface area contributed by atoms with Crippen molar-refractivity contribution in [3.63, 3.8) is 0 Å². The van der Waals surface area contributed by atoms with Crippen molar-refractivity contribution in [1.82, 2.24) is 0 Å². The molecule has 0 spiro atoms. The average molecular weight is 331 g/mol. The van der Waals surface area contributed by atoms with E-state index in [-0.39, 0.29) is 6.08 Å². The van der Waals surface area contributed by atoms with Gasteiger partial charge < -0.3 is 0 Å². The predicted octanol–water partition coefficient (Wildman–Crippen LogP) is 4.39. The zero-order valence-corrected chi connectivity index (χ0v) is 11.8. The lowest BCUT2D eigenvalue weighted by Crippen LogP contribution is -2.55. The molecule has 0 heterocycles. The van der Waals surface area contributed by atoms with Crippen LogP contribution >= 0.6 is 11.6 Å². The molecule has 0 aromatic heterocycles. The van der Waals surface area contributed by atoms with Crippen molar-refractivity contribution in [3.8, 4) is 0 Å². The van der Waals surface area contributed by atoms with Crippen LogP contribution in [0.15, 0.2) is 10.7 Å². The lowest BCUT2D eigenvalue weighted by atomic mass is 10.1. The molecule has 1 nitrogen and oxygen atoms in total. The predicted molar refractivity (Wildman–Crippen MR) is 58.2 cm³/mol. The summed E-state index contributed by atoms with van der Waals surface area (Å²) in [5, 5.41) is 0. The molecule has 0 amide bonds. The minimum absolute atomic E-state index is 0.0482. The second-order valence-corrected chi connectivity index (χ2v) is 10.5. The van der Waals surface area contributed by atoms with E-state index in [1.807, 2.05) is 0 Å². The fraction of sp³-hybridized carbons (Fsp3) is 0.667. The minimum atomic E-state index is -6.54. The van der Waals surface area contributed by atoms with E-state index >= 15 is 0 Å². The Bertz CT molecular complexity index is 394. The van der Waals surface area contributed by atoms with Gasteiger partial charge in [-0.15, -0.1) is 0 Å². The van der Waals surface area contributed by atoms with Crippen molar-refractivity contribution >= 4 is 25.5 Å². The van der Waals surface area contributed by atoms with Gasteiger partial charge in [0.2, 0.25) is 5.78 Å². The highest BCUT2D eigenvalue weighted by Crippen LogP contribution is 2.47. The van der Waals surface area contributed by atoms with Gasteiger partial charge >= 0.3 is 18.0 Å². The van der Waals surface area contributed by atoms with Gasteiger partial charge in [-0.25, -0.2) is 0 Å². The van der Waals surface area contributed by atoms with Crippen LogP contribution in [0.25, 0.3) is 0 Å². The number of rotatable bonds is 4. The van der Waals surface area contributed by atoms with Crippen molar-refractivity contribution in [2.75, 3.05) is 0 Å². The van der Waals surface area contributed by atoms with E-state index in [1.54, 1.807) is 0 Å². The lowest BCUT2D eigenvalue weighted by Gasteiger charge is -2.26. The fourth-order valence-electron chi connectivity index (χ4n) is 0.755. The summed E-state index contributed by atoms with van der Waals surface area (Å²) < 4.78 is 86.0. The maximum Gasteiger partial charge on any atom is 0.460 e. The number of carbonyl (C=O) groups is 1. The van der Waals surface area contributed by atoms with Gasteiger partial charge in [-0.05, 0) is 6.08 Å². The van der Waals surface area contributed by atoms with Crippen LogP contribution in [-0.4, -0.2) is 31.9 Å². The van der Waals surface area contributed by atoms with Crippen molar-refractivity contribution in [3.05, 3.63) is 10.7 Å². The molecule has 0 radical (unpaired) electrons. The van der Waals surface area contributed by atoms with Gasteiger partial charge in [-0.1, -0.05) is 31.2 Å². The number of hydrogen-bond donors (Lipinski definition) is 0. The Morgan fingerprint density at radius 3 is 1.63 bits per heavy atom. The van der Waals surface area contributed by atoms with E-state index in [4.69, 9.17) is 11.6 Å². The molecular formula is C9H10ClF7OSi. The summed E-state index contributed by atoms with van der Waals surface area (Å²) in [5.74, 6) is -15.0. The Morgan fingerprint density at radius 1 is 1.00 bits per heavy atom. The van der Waals surface area contributed by atoms with Gasteiger partial charge in [0.15, 0.2) is 0 Å². The second kappa shape index (κ2) is 5.08. The van der Waals surface area contributed by atoms with E-state index in [1.165, 1.54) is 19.6 Å². The molecule has 0 saturated heterocycles. The van der Waals surface area contributed by atoms with Crippen LogP contribution in [0.3, 0.4) is 0 Å². The summed E-state index contributed by atoms with van der Waals surface area (Å²) in [6.45, 7) is 4.50. The first-order valence-electron chi connectivity index (χ1n) is 4.79. The summed E-state index contributed by atoms with van der Waals surface area (Å²) in [5.41, 5.74) is 0. The molecule has 0 bridgehead atoms. The van der Waals surface area contributed by atoms with Gasteiger partial charge in [0.25, 0.3) is 0 Å². The summed E-state index contributed by atoms with van der Waals surface area (Å²) in [7, 11) is -2.46. The van der Waals surface area contributed by atoms with Crippen LogP contribution in [0.1, 0.15) is 0 Å². The molecule has 0 fully saturated rings. The monoisotopic (exact) mass is 330 g/mol. The fourth-order valence-corrected chi connectivity index (χ4v) is 1.42. The number of hydrogen-bond acceptors (Lipinski definition) is 1. The quantitative estimate of drug-likeness (QED) is 0.424. The van der Waals surface area contributed by atoms with E-state index in [2.05, 4.69) is 0 Å². The van der Waals surface area contributed by atoms with Crippen LogP contribution in [-0.2, 0) is 4.79 Å². The summed E-state index contributed by atoms with van der Waals surface area (Å²) in [6, 6.07) is 0. The second-order valence-electron chi connectivity index (χ2n) is 4.75. The first kappa shape index (κ1) is 18.4. The number of halogens is 8. The first-order valence-corrected chi connectivity index (χ1v) is 8.67. The van der Waals surface area contributed by atoms with Gasteiger partial charge in [-0.2, -0.15) is 30.7 Å². The topological polar surface area (TPSA) is 17.1 Å². The number of ketones is 1. The maximum atomic E-state index is 12.9. The Labute approximate surface area is 110 Å². The van der Waals surface area contributed by atoms with Crippen LogP contribution < -0.4 is 0 Å². The molecule has 0 atom stereocenters. The van der Waals surface area contributed by atoms with Crippen LogP contribution in [0.4, 0.5) is 30.7 Å². The van der Waals surface area contributed by atoms with E-state index in [9.17, 15) is 35.5 Å². The first-order chi connectivity index (χ1) is 8.05. The molecule has 0 unspecified atom stereocenters. The van der Waals surface area contributed by atoms with Gasteiger partial charge in [-0.3, -0.25) is 4.79 Å². The highest BCUT2D eigenvalue weighted by Gasteiger charge is 2.75. The highest BCUT2D eigenvalue weighted by atomic mass is 35.5. The Balaban J connectivity index is 5.54. The summed E-state index contributed by atoms with van der Waals surface area (Å²) >= 11 is 5.46. The lowest BCUT2D eigenvalue weighted by molar-refractivity contribution is -0.342. The number of alkyl halides is 7. The Kier molecular flexibility index (Phi) is 4.93. The Morgan fingerprint density at radius 2 is 1.37 bits per heavy atom. The summed E-state index contributed by atoms with van der Waals surface area (Å²) in [6.07, 6.45) is -6.58. The summed E-state index contributed by atoms with van der Waals surface area (Å²) in [4.78, 5) is 10.9. The molecule has 0 aliphatic carbocycles. The van der Waals surface area contributed by atoms with Crippen molar-refractivity contribution < 1.29 is 35.5 Å². The molecule has 0 saturated carbocycles. The number of allylic oxidation sites excluding steroid dienone is 1. The van der Waals surface area contributed by atoms with Crippen molar-refractivity contribution in [2.24, 2.45) is 0 Å². The van der Waals surface area contributed by atoms with Crippen molar-refractivity contribution in [2.45, 2.75) is 37.7 Å². The van der Waals surface area contributed by atoms with Crippen LogP contribution in [0.5, 0.6) is 0 Å². The molecule has 0 aliphatic heterocycles. The Hall–Kier alpha value is -0.573. The van der Waals surface area contributed by atoms with E-state index in [0.717, 1.165) is 0 Å². The molecule has 112 valence electrons. The molecular weight excluding hydrogens is 321 g/mol. The van der Waals surface area contributed by atoms with E-state index < -0.39 is 36.5 Å². The minimum Gasteiger partial charge on any atom is -0.288 e.